The smallest absolute Gasteiger partial charge is 0.340 e. The number of rotatable bonds is 3. The number of carboxylic acid groups (broad SMARTS) is 1. The first-order chi connectivity index (χ1) is 8.06. The number of aromatic carboxylic acids is 1. The zero-order valence-corrected chi connectivity index (χ0v) is 9.19. The minimum atomic E-state index is -1.13. The Hall–Kier alpha value is -2.48. The lowest BCUT2D eigenvalue weighted by Crippen LogP contribution is -2.08. The zero-order chi connectivity index (χ0) is 12.8. The fourth-order valence-electron chi connectivity index (χ4n) is 1.25. The molecule has 1 amide bonds. The average Bonchev–Trinajstić information content (AvgIpc) is 2.27. The standard InChI is InChI=1S/C12H11NO4/c1-17-9-6-2-4-8(11(9)12(15)16)5-3-7-10(13)14/h2,4,6H,7H2,1H3,(H2,13,14)(H,15,16). The van der Waals surface area contributed by atoms with Crippen LogP contribution in [0.5, 0.6) is 5.75 Å². The summed E-state index contributed by atoms with van der Waals surface area (Å²) in [5, 5.41) is 9.05. The Morgan fingerprint density at radius 2 is 2.18 bits per heavy atom. The Balaban J connectivity index is 3.17. The molecule has 1 aromatic rings. The number of primary amides is 1. The number of benzene rings is 1. The van der Waals surface area contributed by atoms with Crippen LogP contribution in [0, 0.1) is 11.8 Å². The van der Waals surface area contributed by atoms with Gasteiger partial charge < -0.3 is 15.6 Å². The second kappa shape index (κ2) is 5.56. The van der Waals surface area contributed by atoms with E-state index in [1.165, 1.54) is 13.2 Å². The molecule has 5 heteroatoms. The van der Waals surface area contributed by atoms with Crippen LogP contribution in [0.4, 0.5) is 0 Å². The lowest BCUT2D eigenvalue weighted by atomic mass is 10.1. The number of ether oxygens (including phenoxy) is 1. The van der Waals surface area contributed by atoms with E-state index >= 15 is 0 Å². The first-order valence-corrected chi connectivity index (χ1v) is 4.73. The molecule has 88 valence electrons. The minimum Gasteiger partial charge on any atom is -0.496 e. The molecule has 1 aromatic carbocycles. The third-order valence-electron chi connectivity index (χ3n) is 1.95. The number of amides is 1. The molecule has 5 nitrogen and oxygen atoms in total. The van der Waals surface area contributed by atoms with Gasteiger partial charge in [-0.3, -0.25) is 4.79 Å². The molecule has 3 N–H and O–H groups in total. The van der Waals surface area contributed by atoms with Crippen LogP contribution >= 0.6 is 0 Å². The topological polar surface area (TPSA) is 89.6 Å². The SMILES string of the molecule is COc1cccc(C#CCC(N)=O)c1C(=O)O. The van der Waals surface area contributed by atoms with Gasteiger partial charge in [-0.05, 0) is 12.1 Å². The summed E-state index contributed by atoms with van der Waals surface area (Å²) in [4.78, 5) is 21.6. The Kier molecular flexibility index (Phi) is 4.12. The van der Waals surface area contributed by atoms with Gasteiger partial charge in [-0.1, -0.05) is 17.9 Å². The van der Waals surface area contributed by atoms with E-state index in [0.717, 1.165) is 0 Å². The van der Waals surface area contributed by atoms with Crippen molar-refractivity contribution < 1.29 is 19.4 Å². The van der Waals surface area contributed by atoms with Crippen molar-refractivity contribution in [2.75, 3.05) is 7.11 Å². The predicted molar refractivity (Wildman–Crippen MR) is 60.6 cm³/mol. The van der Waals surface area contributed by atoms with E-state index in [-0.39, 0.29) is 23.3 Å². The number of nitrogens with two attached hydrogens (primary N) is 1. The van der Waals surface area contributed by atoms with E-state index in [4.69, 9.17) is 15.6 Å². The van der Waals surface area contributed by atoms with Gasteiger partial charge >= 0.3 is 5.97 Å². The highest BCUT2D eigenvalue weighted by Gasteiger charge is 2.14. The molecule has 0 unspecified atom stereocenters. The summed E-state index contributed by atoms with van der Waals surface area (Å²) in [5.41, 5.74) is 5.20. The van der Waals surface area contributed by atoms with Gasteiger partial charge in [0.1, 0.15) is 11.3 Å². The van der Waals surface area contributed by atoms with E-state index in [1.807, 2.05) is 0 Å². The molecule has 0 radical (unpaired) electrons. The molecular weight excluding hydrogens is 222 g/mol. The lowest BCUT2D eigenvalue weighted by molar-refractivity contribution is -0.117. The van der Waals surface area contributed by atoms with Crippen LogP contribution in [0.1, 0.15) is 22.3 Å². The molecule has 17 heavy (non-hydrogen) atoms. The normalized spacial score (nSPS) is 9.00. The largest absolute Gasteiger partial charge is 0.496 e. The van der Waals surface area contributed by atoms with Gasteiger partial charge in [0.05, 0.1) is 13.5 Å². The number of hydrogen-bond donors (Lipinski definition) is 2. The third kappa shape index (κ3) is 3.24. The van der Waals surface area contributed by atoms with Gasteiger partial charge in [0.25, 0.3) is 0 Å². The molecule has 0 atom stereocenters. The molecule has 0 fully saturated rings. The summed E-state index contributed by atoms with van der Waals surface area (Å²) < 4.78 is 4.93. The molecule has 0 aromatic heterocycles. The maximum absolute atomic E-state index is 11.1. The molecule has 0 aliphatic carbocycles. The summed E-state index contributed by atoms with van der Waals surface area (Å²) in [7, 11) is 1.38. The third-order valence-corrected chi connectivity index (χ3v) is 1.95. The van der Waals surface area contributed by atoms with E-state index in [2.05, 4.69) is 11.8 Å². The van der Waals surface area contributed by atoms with Crippen LogP contribution in [0.3, 0.4) is 0 Å². The predicted octanol–water partition coefficient (Wildman–Crippen LogP) is 0.620. The van der Waals surface area contributed by atoms with Crippen LogP contribution in [0.25, 0.3) is 0 Å². The molecule has 0 saturated heterocycles. The van der Waals surface area contributed by atoms with Crippen LogP contribution in [-0.4, -0.2) is 24.1 Å². The fraction of sp³-hybridized carbons (Fsp3) is 0.167. The summed E-state index contributed by atoms with van der Waals surface area (Å²) in [6, 6.07) is 4.70. The van der Waals surface area contributed by atoms with Crippen molar-refractivity contribution in [2.45, 2.75) is 6.42 Å². The number of carboxylic acids is 1. The maximum atomic E-state index is 11.1. The van der Waals surface area contributed by atoms with E-state index in [9.17, 15) is 9.59 Å². The van der Waals surface area contributed by atoms with Crippen LogP contribution in [0.2, 0.25) is 0 Å². The maximum Gasteiger partial charge on any atom is 0.340 e. The van der Waals surface area contributed by atoms with Crippen molar-refractivity contribution in [1.82, 2.24) is 0 Å². The number of methoxy groups -OCH3 is 1. The Bertz CT molecular complexity index is 511. The Morgan fingerprint density at radius 3 is 2.71 bits per heavy atom. The highest BCUT2D eigenvalue weighted by atomic mass is 16.5. The summed E-state index contributed by atoms with van der Waals surface area (Å²) in [5.74, 6) is 3.63. The number of hydrogen-bond acceptors (Lipinski definition) is 3. The summed E-state index contributed by atoms with van der Waals surface area (Å²) in [6.07, 6.45) is -0.115. The lowest BCUT2D eigenvalue weighted by Gasteiger charge is -2.05. The van der Waals surface area contributed by atoms with Gasteiger partial charge in [0.15, 0.2) is 0 Å². The van der Waals surface area contributed by atoms with Crippen molar-refractivity contribution >= 4 is 11.9 Å². The van der Waals surface area contributed by atoms with Gasteiger partial charge in [-0.2, -0.15) is 0 Å². The molecular formula is C12H11NO4. The van der Waals surface area contributed by atoms with Crippen molar-refractivity contribution in [1.29, 1.82) is 0 Å². The molecule has 0 heterocycles. The summed E-state index contributed by atoms with van der Waals surface area (Å²) >= 11 is 0. The van der Waals surface area contributed by atoms with Crippen molar-refractivity contribution in [3.8, 4) is 17.6 Å². The van der Waals surface area contributed by atoms with Gasteiger partial charge in [0, 0.05) is 5.56 Å². The summed E-state index contributed by atoms with van der Waals surface area (Å²) in [6.45, 7) is 0. The average molecular weight is 233 g/mol. The minimum absolute atomic E-state index is 0.0213. The Labute approximate surface area is 98.2 Å². The molecule has 0 saturated carbocycles. The van der Waals surface area contributed by atoms with Crippen molar-refractivity contribution in [3.05, 3.63) is 29.3 Å². The quantitative estimate of drug-likeness (QED) is 0.749. The monoisotopic (exact) mass is 233 g/mol. The van der Waals surface area contributed by atoms with Crippen LogP contribution in [-0.2, 0) is 4.79 Å². The van der Waals surface area contributed by atoms with Crippen LogP contribution < -0.4 is 10.5 Å². The number of carbonyl (C=O) groups excluding carboxylic acids is 1. The van der Waals surface area contributed by atoms with Crippen molar-refractivity contribution in [3.63, 3.8) is 0 Å². The molecule has 0 aliphatic rings. The Morgan fingerprint density at radius 1 is 1.47 bits per heavy atom. The van der Waals surface area contributed by atoms with E-state index < -0.39 is 11.9 Å². The van der Waals surface area contributed by atoms with Gasteiger partial charge in [0.2, 0.25) is 5.91 Å². The first-order valence-electron chi connectivity index (χ1n) is 4.73. The highest BCUT2D eigenvalue weighted by molar-refractivity contribution is 5.94. The molecule has 1 rings (SSSR count). The van der Waals surface area contributed by atoms with Gasteiger partial charge in [-0.25, -0.2) is 4.79 Å². The van der Waals surface area contributed by atoms with E-state index in [1.54, 1.807) is 12.1 Å². The molecule has 0 spiro atoms. The van der Waals surface area contributed by atoms with Crippen molar-refractivity contribution in [2.24, 2.45) is 5.73 Å². The second-order valence-corrected chi connectivity index (χ2v) is 3.13. The fourth-order valence-corrected chi connectivity index (χ4v) is 1.25. The first kappa shape index (κ1) is 12.6. The second-order valence-electron chi connectivity index (χ2n) is 3.13. The number of carbonyl (C=O) groups is 2. The zero-order valence-electron chi connectivity index (χ0n) is 9.19. The van der Waals surface area contributed by atoms with Gasteiger partial charge in [-0.15, -0.1) is 0 Å². The molecule has 0 aliphatic heterocycles. The van der Waals surface area contributed by atoms with E-state index in [0.29, 0.717) is 0 Å². The molecule has 0 bridgehead atoms. The van der Waals surface area contributed by atoms with Crippen LogP contribution in [0.15, 0.2) is 18.2 Å². The highest BCUT2D eigenvalue weighted by Crippen LogP contribution is 2.21.